The number of carbonyl (C=O) groups is 2. The molecule has 2 amide bonds. The van der Waals surface area contributed by atoms with Gasteiger partial charge < -0.3 is 0 Å². The van der Waals surface area contributed by atoms with Gasteiger partial charge in [-0.2, -0.15) is 0 Å². The van der Waals surface area contributed by atoms with Gasteiger partial charge in [0.2, 0.25) is 11.8 Å². The van der Waals surface area contributed by atoms with Gasteiger partial charge in [-0.05, 0) is 64.1 Å². The van der Waals surface area contributed by atoms with E-state index in [4.69, 9.17) is 0 Å². The Bertz CT molecular complexity index is 1450. The zero-order valence-electron chi connectivity index (χ0n) is 18.8. The van der Waals surface area contributed by atoms with Gasteiger partial charge in [-0.3, -0.25) is 14.6 Å². The topological polar surface area (TPSA) is 50.3 Å². The molecule has 1 aliphatic heterocycles. The van der Waals surface area contributed by atoms with Gasteiger partial charge in [0.15, 0.2) is 0 Å². The molecule has 4 nitrogen and oxygen atoms in total. The van der Waals surface area contributed by atoms with Crippen LogP contribution in [0.5, 0.6) is 0 Å². The van der Waals surface area contributed by atoms with Crippen LogP contribution in [-0.2, 0) is 20.3 Å². The van der Waals surface area contributed by atoms with E-state index < -0.39 is 16.2 Å². The third kappa shape index (κ3) is 2.76. The molecular formula is C30H21BrN2O2. The van der Waals surface area contributed by atoms with Crippen LogP contribution in [0.25, 0.3) is 0 Å². The van der Waals surface area contributed by atoms with Crippen molar-refractivity contribution in [2.45, 2.75) is 16.7 Å². The molecule has 5 heteroatoms. The van der Waals surface area contributed by atoms with Crippen LogP contribution >= 0.6 is 15.9 Å². The highest BCUT2D eigenvalue weighted by Crippen LogP contribution is 2.66. The van der Waals surface area contributed by atoms with E-state index in [0.29, 0.717) is 5.69 Å². The number of rotatable bonds is 3. The number of nitrogens with zero attached hydrogens (tertiary/aromatic N) is 2. The number of hydrogen-bond donors (Lipinski definition) is 0. The molecule has 4 aromatic rings. The van der Waals surface area contributed by atoms with Crippen LogP contribution in [0.3, 0.4) is 0 Å². The van der Waals surface area contributed by atoms with Gasteiger partial charge in [0.1, 0.15) is 0 Å². The Morgan fingerprint density at radius 2 is 1.31 bits per heavy atom. The molecule has 2 bridgehead atoms. The SMILES string of the molecule is O=C1[C@@H]2C3c4ccccc4C(Br)(c4ccccc43)[C@H]2C(=O)N1c1ccc(Cc2ccncc2)cc1. The maximum atomic E-state index is 14.0. The van der Waals surface area contributed by atoms with Gasteiger partial charge in [-0.1, -0.05) is 76.6 Å². The van der Waals surface area contributed by atoms with Crippen LogP contribution in [0.15, 0.2) is 97.3 Å². The van der Waals surface area contributed by atoms with Gasteiger partial charge >= 0.3 is 0 Å². The summed E-state index contributed by atoms with van der Waals surface area (Å²) < 4.78 is -0.720. The summed E-state index contributed by atoms with van der Waals surface area (Å²) >= 11 is 4.05. The summed E-state index contributed by atoms with van der Waals surface area (Å²) in [5.74, 6) is -1.28. The lowest BCUT2D eigenvalue weighted by Gasteiger charge is -2.51. The lowest BCUT2D eigenvalue weighted by molar-refractivity contribution is -0.122. The van der Waals surface area contributed by atoms with Crippen LogP contribution in [0.1, 0.15) is 39.3 Å². The fourth-order valence-electron chi connectivity index (χ4n) is 6.43. The minimum Gasteiger partial charge on any atom is -0.274 e. The largest absolute Gasteiger partial charge is 0.274 e. The third-order valence-corrected chi connectivity index (χ3v) is 9.21. The molecule has 2 heterocycles. The molecule has 0 unspecified atom stereocenters. The van der Waals surface area contributed by atoms with Crippen molar-refractivity contribution in [3.8, 4) is 0 Å². The first kappa shape index (κ1) is 20.8. The molecule has 1 fully saturated rings. The Morgan fingerprint density at radius 1 is 0.743 bits per heavy atom. The first-order valence-corrected chi connectivity index (χ1v) is 12.6. The zero-order chi connectivity index (χ0) is 23.7. The fourth-order valence-corrected chi connectivity index (χ4v) is 7.64. The smallest absolute Gasteiger partial charge is 0.239 e. The number of alkyl halides is 1. The predicted octanol–water partition coefficient (Wildman–Crippen LogP) is 5.58. The molecule has 0 radical (unpaired) electrons. The van der Waals surface area contributed by atoms with Crippen molar-refractivity contribution in [2.24, 2.45) is 11.8 Å². The quantitative estimate of drug-likeness (QED) is 0.262. The normalized spacial score (nSPS) is 25.9. The molecule has 0 N–H and O–H groups in total. The summed E-state index contributed by atoms with van der Waals surface area (Å²) in [5.41, 5.74) is 7.39. The van der Waals surface area contributed by atoms with Crippen LogP contribution in [-0.4, -0.2) is 16.8 Å². The van der Waals surface area contributed by atoms with Crippen LogP contribution in [0, 0.1) is 11.8 Å². The lowest BCUT2D eigenvalue weighted by Crippen LogP contribution is -2.50. The average Bonchev–Trinajstić information content (AvgIpc) is 3.17. The Balaban J connectivity index is 1.30. The number of imide groups is 1. The van der Waals surface area contributed by atoms with E-state index in [-0.39, 0.29) is 17.7 Å². The number of benzene rings is 3. The van der Waals surface area contributed by atoms with Crippen molar-refractivity contribution in [1.29, 1.82) is 0 Å². The van der Waals surface area contributed by atoms with Crippen molar-refractivity contribution in [3.05, 3.63) is 131 Å². The molecule has 1 aromatic heterocycles. The van der Waals surface area contributed by atoms with Gasteiger partial charge in [-0.25, -0.2) is 4.90 Å². The van der Waals surface area contributed by atoms with E-state index in [1.807, 2.05) is 60.7 Å². The van der Waals surface area contributed by atoms with Crippen LogP contribution in [0.2, 0.25) is 0 Å². The molecule has 3 aliphatic carbocycles. The van der Waals surface area contributed by atoms with Crippen molar-refractivity contribution < 1.29 is 9.59 Å². The lowest BCUT2D eigenvalue weighted by atomic mass is 9.55. The first-order chi connectivity index (χ1) is 17.1. The summed E-state index contributed by atoms with van der Waals surface area (Å²) in [4.78, 5) is 33.5. The summed E-state index contributed by atoms with van der Waals surface area (Å²) in [6.07, 6.45) is 4.34. The van der Waals surface area contributed by atoms with E-state index in [9.17, 15) is 9.59 Å². The van der Waals surface area contributed by atoms with Crippen molar-refractivity contribution in [1.82, 2.24) is 4.98 Å². The Kier molecular flexibility index (Phi) is 4.43. The highest BCUT2D eigenvalue weighted by Gasteiger charge is 2.67. The molecule has 2 atom stereocenters. The maximum Gasteiger partial charge on any atom is 0.239 e. The Hall–Kier alpha value is -3.57. The number of aromatic nitrogens is 1. The molecule has 170 valence electrons. The molecule has 1 saturated heterocycles. The van der Waals surface area contributed by atoms with Crippen LogP contribution in [0.4, 0.5) is 5.69 Å². The van der Waals surface area contributed by atoms with E-state index >= 15 is 0 Å². The fraction of sp³-hybridized carbons (Fsp3) is 0.167. The van der Waals surface area contributed by atoms with Gasteiger partial charge in [0, 0.05) is 18.3 Å². The highest BCUT2D eigenvalue weighted by molar-refractivity contribution is 9.09. The average molecular weight is 521 g/mol. The first-order valence-electron chi connectivity index (χ1n) is 11.8. The molecule has 4 aliphatic rings. The highest BCUT2D eigenvalue weighted by atomic mass is 79.9. The van der Waals surface area contributed by atoms with E-state index in [0.717, 1.165) is 34.2 Å². The number of pyridine rings is 1. The summed E-state index contributed by atoms with van der Waals surface area (Å²) in [6.45, 7) is 0. The summed E-state index contributed by atoms with van der Waals surface area (Å²) in [5, 5.41) is 0. The van der Waals surface area contributed by atoms with Crippen molar-refractivity contribution in [2.75, 3.05) is 4.90 Å². The number of halogens is 1. The van der Waals surface area contributed by atoms with Crippen molar-refractivity contribution >= 4 is 33.4 Å². The predicted molar refractivity (Wildman–Crippen MR) is 137 cm³/mol. The minimum atomic E-state index is -0.720. The molecular weight excluding hydrogens is 500 g/mol. The second-order valence-electron chi connectivity index (χ2n) is 9.58. The van der Waals surface area contributed by atoms with Crippen molar-refractivity contribution in [3.63, 3.8) is 0 Å². The summed E-state index contributed by atoms with van der Waals surface area (Å²) in [7, 11) is 0. The van der Waals surface area contributed by atoms with Crippen LogP contribution < -0.4 is 4.90 Å². The standard InChI is InChI=1S/C30H21BrN2O2/c31-30-23-7-3-1-5-21(23)25(22-6-2-4-8-24(22)30)26-27(30)29(35)33(28(26)34)20-11-9-18(10-12-20)17-19-13-15-32-16-14-19/h1-16,25-27H,17H2/t25?,26-,27-,30?/m1/s1. The second kappa shape index (κ2) is 7.46. The van der Waals surface area contributed by atoms with E-state index in [2.05, 4.69) is 45.2 Å². The van der Waals surface area contributed by atoms with Gasteiger partial charge in [0.05, 0.1) is 21.8 Å². The van der Waals surface area contributed by atoms with E-state index in [1.165, 1.54) is 10.5 Å². The third-order valence-electron chi connectivity index (χ3n) is 7.87. The Morgan fingerprint density at radius 3 is 1.94 bits per heavy atom. The summed E-state index contributed by atoms with van der Waals surface area (Å²) in [6, 6.07) is 28.3. The molecule has 8 rings (SSSR count). The molecule has 3 aromatic carbocycles. The molecule has 0 spiro atoms. The van der Waals surface area contributed by atoms with Gasteiger partial charge in [-0.15, -0.1) is 0 Å². The Labute approximate surface area is 211 Å². The number of hydrogen-bond acceptors (Lipinski definition) is 3. The van der Waals surface area contributed by atoms with E-state index in [1.54, 1.807) is 12.4 Å². The molecule has 35 heavy (non-hydrogen) atoms. The number of anilines is 1. The molecule has 0 saturated carbocycles. The number of carbonyl (C=O) groups excluding carboxylic acids is 2. The maximum absolute atomic E-state index is 14.0. The monoisotopic (exact) mass is 520 g/mol. The second-order valence-corrected chi connectivity index (χ2v) is 10.8. The number of amides is 2. The van der Waals surface area contributed by atoms with Gasteiger partial charge in [0.25, 0.3) is 0 Å². The minimum absolute atomic E-state index is 0.111. The zero-order valence-corrected chi connectivity index (χ0v) is 20.4.